The Morgan fingerprint density at radius 3 is 2.37 bits per heavy atom. The molecule has 0 unspecified atom stereocenters. The van der Waals surface area contributed by atoms with Crippen LogP contribution in [0.5, 0.6) is 5.75 Å². The summed E-state index contributed by atoms with van der Waals surface area (Å²) in [5.74, 6) is 0.0513. The van der Waals surface area contributed by atoms with E-state index in [4.69, 9.17) is 9.47 Å². The summed E-state index contributed by atoms with van der Waals surface area (Å²) in [5.41, 5.74) is 1.20. The maximum Gasteiger partial charge on any atom is 0.168 e. The van der Waals surface area contributed by atoms with Crippen molar-refractivity contribution in [3.8, 4) is 5.75 Å². The number of hydrogen-bond donors (Lipinski definition) is 2. The number of phenols is 1. The van der Waals surface area contributed by atoms with Gasteiger partial charge in [-0.3, -0.25) is 0 Å². The SMILES string of the molecule is Oc1ccc(CNC2CCC3(CC2)OCCO3)cc1. The second kappa shape index (κ2) is 5.49. The molecular formula is C15H21NO3. The maximum absolute atomic E-state index is 9.24. The van der Waals surface area contributed by atoms with E-state index < -0.39 is 0 Å². The molecule has 1 aliphatic carbocycles. The van der Waals surface area contributed by atoms with E-state index in [-0.39, 0.29) is 5.79 Å². The van der Waals surface area contributed by atoms with Gasteiger partial charge in [-0.2, -0.15) is 0 Å². The molecule has 2 aliphatic rings. The highest BCUT2D eigenvalue weighted by atomic mass is 16.7. The number of nitrogens with one attached hydrogen (secondary N) is 1. The minimum atomic E-state index is -0.267. The Morgan fingerprint density at radius 2 is 1.74 bits per heavy atom. The van der Waals surface area contributed by atoms with Crippen LogP contribution in [0.4, 0.5) is 0 Å². The normalized spacial score (nSPS) is 22.9. The van der Waals surface area contributed by atoms with E-state index in [0.717, 1.165) is 45.4 Å². The average molecular weight is 263 g/mol. The molecule has 0 bridgehead atoms. The van der Waals surface area contributed by atoms with Gasteiger partial charge in [0.25, 0.3) is 0 Å². The molecule has 2 N–H and O–H groups in total. The number of hydrogen-bond acceptors (Lipinski definition) is 4. The fraction of sp³-hybridized carbons (Fsp3) is 0.600. The van der Waals surface area contributed by atoms with E-state index in [9.17, 15) is 5.11 Å². The summed E-state index contributed by atoms with van der Waals surface area (Å²) >= 11 is 0. The predicted molar refractivity (Wildman–Crippen MR) is 71.8 cm³/mol. The van der Waals surface area contributed by atoms with Crippen molar-refractivity contribution in [1.82, 2.24) is 5.32 Å². The molecule has 3 rings (SSSR count). The summed E-state index contributed by atoms with van der Waals surface area (Å²) in [4.78, 5) is 0. The van der Waals surface area contributed by atoms with Crippen LogP contribution in [0, 0.1) is 0 Å². The Morgan fingerprint density at radius 1 is 1.11 bits per heavy atom. The summed E-state index contributed by atoms with van der Waals surface area (Å²) in [7, 11) is 0. The monoisotopic (exact) mass is 263 g/mol. The molecule has 1 aromatic rings. The molecule has 19 heavy (non-hydrogen) atoms. The van der Waals surface area contributed by atoms with Crippen molar-refractivity contribution < 1.29 is 14.6 Å². The van der Waals surface area contributed by atoms with Gasteiger partial charge in [0.1, 0.15) is 5.75 Å². The van der Waals surface area contributed by atoms with Gasteiger partial charge in [-0.25, -0.2) is 0 Å². The maximum atomic E-state index is 9.24. The molecule has 1 saturated carbocycles. The summed E-state index contributed by atoms with van der Waals surface area (Å²) in [6, 6.07) is 7.90. The molecule has 1 saturated heterocycles. The van der Waals surface area contributed by atoms with E-state index in [0.29, 0.717) is 11.8 Å². The minimum absolute atomic E-state index is 0.267. The summed E-state index contributed by atoms with van der Waals surface area (Å²) in [5, 5.41) is 12.8. The molecular weight excluding hydrogens is 242 g/mol. The van der Waals surface area contributed by atoms with Crippen molar-refractivity contribution in [2.75, 3.05) is 13.2 Å². The zero-order chi connectivity index (χ0) is 13.1. The molecule has 0 atom stereocenters. The van der Waals surface area contributed by atoms with Crippen LogP contribution in [-0.4, -0.2) is 30.1 Å². The zero-order valence-electron chi connectivity index (χ0n) is 11.1. The molecule has 1 heterocycles. The van der Waals surface area contributed by atoms with Crippen LogP contribution in [0.15, 0.2) is 24.3 Å². The molecule has 2 fully saturated rings. The molecule has 0 aromatic heterocycles. The van der Waals surface area contributed by atoms with Crippen molar-refractivity contribution in [2.45, 2.75) is 44.1 Å². The first-order valence-corrected chi connectivity index (χ1v) is 7.05. The lowest BCUT2D eigenvalue weighted by molar-refractivity contribution is -0.179. The highest BCUT2D eigenvalue weighted by Gasteiger charge is 2.40. The van der Waals surface area contributed by atoms with Crippen LogP contribution < -0.4 is 5.32 Å². The highest BCUT2D eigenvalue weighted by molar-refractivity contribution is 5.25. The van der Waals surface area contributed by atoms with Gasteiger partial charge >= 0.3 is 0 Å². The smallest absolute Gasteiger partial charge is 0.168 e. The molecule has 0 amide bonds. The predicted octanol–water partition coefficient (Wildman–Crippen LogP) is 2.17. The second-order valence-corrected chi connectivity index (χ2v) is 5.43. The van der Waals surface area contributed by atoms with Gasteiger partial charge in [-0.05, 0) is 30.5 Å². The van der Waals surface area contributed by atoms with Gasteiger partial charge in [0.2, 0.25) is 0 Å². The van der Waals surface area contributed by atoms with Gasteiger partial charge in [0, 0.05) is 25.4 Å². The molecule has 4 nitrogen and oxygen atoms in total. The highest BCUT2D eigenvalue weighted by Crippen LogP contribution is 2.35. The average Bonchev–Trinajstić information content (AvgIpc) is 2.89. The van der Waals surface area contributed by atoms with Crippen molar-refractivity contribution in [2.24, 2.45) is 0 Å². The van der Waals surface area contributed by atoms with Gasteiger partial charge < -0.3 is 19.9 Å². The number of ether oxygens (including phenoxy) is 2. The number of aromatic hydroxyl groups is 1. The Bertz CT molecular complexity index is 402. The van der Waals surface area contributed by atoms with Crippen molar-refractivity contribution in [3.63, 3.8) is 0 Å². The number of rotatable bonds is 3. The first kappa shape index (κ1) is 12.9. The fourth-order valence-corrected chi connectivity index (χ4v) is 2.92. The van der Waals surface area contributed by atoms with E-state index in [1.807, 2.05) is 12.1 Å². The lowest BCUT2D eigenvalue weighted by atomic mass is 9.90. The largest absolute Gasteiger partial charge is 0.508 e. The summed E-state index contributed by atoms with van der Waals surface area (Å²) in [6.07, 6.45) is 4.16. The molecule has 0 radical (unpaired) electrons. The molecule has 1 aliphatic heterocycles. The quantitative estimate of drug-likeness (QED) is 0.877. The van der Waals surface area contributed by atoms with Crippen LogP contribution in [0.25, 0.3) is 0 Å². The van der Waals surface area contributed by atoms with Crippen LogP contribution in [0.1, 0.15) is 31.2 Å². The third-order valence-corrected chi connectivity index (χ3v) is 4.09. The van der Waals surface area contributed by atoms with Crippen LogP contribution in [-0.2, 0) is 16.0 Å². The van der Waals surface area contributed by atoms with Gasteiger partial charge in [-0.15, -0.1) is 0 Å². The Kier molecular flexibility index (Phi) is 3.73. The minimum Gasteiger partial charge on any atom is -0.508 e. The van der Waals surface area contributed by atoms with Crippen molar-refractivity contribution in [1.29, 1.82) is 0 Å². The summed E-state index contributed by atoms with van der Waals surface area (Å²) in [6.45, 7) is 2.33. The Hall–Kier alpha value is -1.10. The Labute approximate surface area is 113 Å². The lowest BCUT2D eigenvalue weighted by Gasteiger charge is -2.35. The lowest BCUT2D eigenvalue weighted by Crippen LogP contribution is -2.41. The van der Waals surface area contributed by atoms with Gasteiger partial charge in [-0.1, -0.05) is 12.1 Å². The van der Waals surface area contributed by atoms with Gasteiger partial charge in [0.05, 0.1) is 13.2 Å². The standard InChI is InChI=1S/C15H21NO3/c17-14-3-1-12(2-4-14)11-16-13-5-7-15(8-6-13)18-9-10-19-15/h1-4,13,16-17H,5-11H2. The topological polar surface area (TPSA) is 50.7 Å². The molecule has 1 spiro atoms. The third kappa shape index (κ3) is 3.08. The van der Waals surface area contributed by atoms with Crippen LogP contribution >= 0.6 is 0 Å². The van der Waals surface area contributed by atoms with E-state index in [1.165, 1.54) is 5.56 Å². The van der Waals surface area contributed by atoms with Gasteiger partial charge in [0.15, 0.2) is 5.79 Å². The molecule has 1 aromatic carbocycles. The summed E-state index contributed by atoms with van der Waals surface area (Å²) < 4.78 is 11.5. The zero-order valence-corrected chi connectivity index (χ0v) is 11.1. The van der Waals surface area contributed by atoms with E-state index in [2.05, 4.69) is 5.32 Å². The van der Waals surface area contributed by atoms with Crippen LogP contribution in [0.2, 0.25) is 0 Å². The first-order chi connectivity index (χ1) is 9.26. The Balaban J connectivity index is 1.46. The van der Waals surface area contributed by atoms with E-state index >= 15 is 0 Å². The van der Waals surface area contributed by atoms with E-state index in [1.54, 1.807) is 12.1 Å². The number of benzene rings is 1. The second-order valence-electron chi connectivity index (χ2n) is 5.43. The first-order valence-electron chi connectivity index (χ1n) is 7.05. The van der Waals surface area contributed by atoms with Crippen molar-refractivity contribution in [3.05, 3.63) is 29.8 Å². The third-order valence-electron chi connectivity index (χ3n) is 4.09. The fourth-order valence-electron chi connectivity index (χ4n) is 2.92. The van der Waals surface area contributed by atoms with Crippen molar-refractivity contribution >= 4 is 0 Å². The molecule has 4 heteroatoms. The molecule has 104 valence electrons. The van der Waals surface area contributed by atoms with Crippen LogP contribution in [0.3, 0.4) is 0 Å². The number of phenolic OH excluding ortho intramolecular Hbond substituents is 1.